The summed E-state index contributed by atoms with van der Waals surface area (Å²) in [5, 5.41) is 2.49. The van der Waals surface area contributed by atoms with Crippen molar-refractivity contribution in [3.05, 3.63) is 35.3 Å². The molecule has 4 nitrogen and oxygen atoms in total. The SMILES string of the molecule is CCOC(=O)c1csc(-c2cccc(OCC)c2)n1. The molecule has 0 radical (unpaired) electrons. The third-order valence-electron chi connectivity index (χ3n) is 2.38. The van der Waals surface area contributed by atoms with Crippen molar-refractivity contribution in [2.75, 3.05) is 13.2 Å². The molecule has 0 aliphatic carbocycles. The molecular weight excluding hydrogens is 262 g/mol. The zero-order chi connectivity index (χ0) is 13.7. The van der Waals surface area contributed by atoms with Gasteiger partial charge in [0.05, 0.1) is 13.2 Å². The van der Waals surface area contributed by atoms with Gasteiger partial charge in [-0.1, -0.05) is 12.1 Å². The normalized spacial score (nSPS) is 10.2. The van der Waals surface area contributed by atoms with Gasteiger partial charge in [0.1, 0.15) is 10.8 Å². The van der Waals surface area contributed by atoms with Crippen molar-refractivity contribution in [1.29, 1.82) is 0 Å². The summed E-state index contributed by atoms with van der Waals surface area (Å²) >= 11 is 1.42. The van der Waals surface area contributed by atoms with Crippen molar-refractivity contribution < 1.29 is 14.3 Å². The van der Waals surface area contributed by atoms with Crippen molar-refractivity contribution in [3.8, 4) is 16.3 Å². The van der Waals surface area contributed by atoms with E-state index >= 15 is 0 Å². The highest BCUT2D eigenvalue weighted by Crippen LogP contribution is 2.27. The lowest BCUT2D eigenvalue weighted by molar-refractivity contribution is 0.0520. The highest BCUT2D eigenvalue weighted by Gasteiger charge is 2.12. The van der Waals surface area contributed by atoms with Gasteiger partial charge in [-0.05, 0) is 26.0 Å². The van der Waals surface area contributed by atoms with Crippen molar-refractivity contribution >= 4 is 17.3 Å². The van der Waals surface area contributed by atoms with Crippen molar-refractivity contribution in [1.82, 2.24) is 4.98 Å². The molecule has 0 fully saturated rings. The fraction of sp³-hybridized carbons (Fsp3) is 0.286. The molecule has 0 N–H and O–H groups in total. The van der Waals surface area contributed by atoms with Gasteiger partial charge in [0.15, 0.2) is 5.69 Å². The second-order valence-corrected chi connectivity index (χ2v) is 4.58. The fourth-order valence-corrected chi connectivity index (χ4v) is 2.38. The molecule has 19 heavy (non-hydrogen) atoms. The Bertz CT molecular complexity index is 565. The second-order valence-electron chi connectivity index (χ2n) is 3.72. The van der Waals surface area contributed by atoms with E-state index in [0.717, 1.165) is 16.3 Å². The van der Waals surface area contributed by atoms with E-state index in [4.69, 9.17) is 9.47 Å². The number of carbonyl (C=O) groups excluding carboxylic acids is 1. The van der Waals surface area contributed by atoms with Gasteiger partial charge in [-0.3, -0.25) is 0 Å². The summed E-state index contributed by atoms with van der Waals surface area (Å²) in [6.45, 7) is 4.69. The summed E-state index contributed by atoms with van der Waals surface area (Å²) in [6, 6.07) is 7.66. The molecular formula is C14H15NO3S. The van der Waals surface area contributed by atoms with Crippen molar-refractivity contribution in [2.45, 2.75) is 13.8 Å². The lowest BCUT2D eigenvalue weighted by Gasteiger charge is -2.03. The number of carbonyl (C=O) groups is 1. The molecule has 2 aromatic rings. The Morgan fingerprint density at radius 3 is 2.89 bits per heavy atom. The first kappa shape index (κ1) is 13.5. The number of esters is 1. The van der Waals surface area contributed by atoms with Crippen LogP contribution >= 0.6 is 11.3 Å². The molecule has 0 aliphatic rings. The number of rotatable bonds is 5. The Balaban J connectivity index is 2.22. The minimum Gasteiger partial charge on any atom is -0.494 e. The van der Waals surface area contributed by atoms with Crippen molar-refractivity contribution in [3.63, 3.8) is 0 Å². The summed E-state index contributed by atoms with van der Waals surface area (Å²) in [6.07, 6.45) is 0. The summed E-state index contributed by atoms with van der Waals surface area (Å²) in [5.74, 6) is 0.416. The topological polar surface area (TPSA) is 48.4 Å². The van der Waals surface area contributed by atoms with Crippen LogP contribution in [0.1, 0.15) is 24.3 Å². The monoisotopic (exact) mass is 277 g/mol. The average Bonchev–Trinajstić information content (AvgIpc) is 2.89. The van der Waals surface area contributed by atoms with Crippen LogP contribution in [0.25, 0.3) is 10.6 Å². The van der Waals surface area contributed by atoms with Gasteiger partial charge in [-0.2, -0.15) is 0 Å². The maximum atomic E-state index is 11.6. The first-order valence-corrected chi connectivity index (χ1v) is 6.98. The van der Waals surface area contributed by atoms with E-state index in [1.807, 2.05) is 31.2 Å². The predicted molar refractivity (Wildman–Crippen MR) is 74.7 cm³/mol. The fourth-order valence-electron chi connectivity index (χ4n) is 1.59. The molecule has 0 atom stereocenters. The number of aromatic nitrogens is 1. The van der Waals surface area contributed by atoms with E-state index in [1.165, 1.54) is 11.3 Å². The minimum atomic E-state index is -0.383. The van der Waals surface area contributed by atoms with E-state index in [2.05, 4.69) is 4.98 Å². The van der Waals surface area contributed by atoms with Crippen molar-refractivity contribution in [2.24, 2.45) is 0 Å². The summed E-state index contributed by atoms with van der Waals surface area (Å²) in [4.78, 5) is 15.8. The smallest absolute Gasteiger partial charge is 0.357 e. The van der Waals surface area contributed by atoms with Gasteiger partial charge in [-0.25, -0.2) is 9.78 Å². The Hall–Kier alpha value is -1.88. The van der Waals surface area contributed by atoms with Crippen LogP contribution in [0.4, 0.5) is 0 Å². The maximum absolute atomic E-state index is 11.6. The Morgan fingerprint density at radius 1 is 1.32 bits per heavy atom. The third-order valence-corrected chi connectivity index (χ3v) is 3.27. The van der Waals surface area contributed by atoms with Crippen LogP contribution in [0, 0.1) is 0 Å². The number of ether oxygens (including phenoxy) is 2. The van der Waals surface area contributed by atoms with Crippen LogP contribution < -0.4 is 4.74 Å². The quantitative estimate of drug-likeness (QED) is 0.786. The van der Waals surface area contributed by atoms with E-state index in [0.29, 0.717) is 18.9 Å². The molecule has 2 rings (SSSR count). The van der Waals surface area contributed by atoms with E-state index in [-0.39, 0.29) is 5.97 Å². The zero-order valence-corrected chi connectivity index (χ0v) is 11.7. The summed E-state index contributed by atoms with van der Waals surface area (Å²) in [7, 11) is 0. The summed E-state index contributed by atoms with van der Waals surface area (Å²) < 4.78 is 10.4. The number of benzene rings is 1. The van der Waals surface area contributed by atoms with Gasteiger partial charge in [-0.15, -0.1) is 11.3 Å². The van der Waals surface area contributed by atoms with Gasteiger partial charge in [0, 0.05) is 10.9 Å². The number of thiazole rings is 1. The van der Waals surface area contributed by atoms with Gasteiger partial charge in [0.2, 0.25) is 0 Å². The predicted octanol–water partition coefficient (Wildman–Crippen LogP) is 3.39. The van der Waals surface area contributed by atoms with E-state index in [9.17, 15) is 4.79 Å². The first-order chi connectivity index (χ1) is 9.24. The lowest BCUT2D eigenvalue weighted by Crippen LogP contribution is -2.04. The Labute approximate surface area is 116 Å². The highest BCUT2D eigenvalue weighted by atomic mass is 32.1. The molecule has 1 aromatic heterocycles. The number of hydrogen-bond acceptors (Lipinski definition) is 5. The molecule has 0 saturated carbocycles. The highest BCUT2D eigenvalue weighted by molar-refractivity contribution is 7.13. The number of nitrogens with zero attached hydrogens (tertiary/aromatic N) is 1. The Kier molecular flexibility index (Phi) is 4.52. The first-order valence-electron chi connectivity index (χ1n) is 6.10. The van der Waals surface area contributed by atoms with Crippen LogP contribution in [0.15, 0.2) is 29.6 Å². The molecule has 0 spiro atoms. The third kappa shape index (κ3) is 3.32. The van der Waals surface area contributed by atoms with Gasteiger partial charge >= 0.3 is 5.97 Å². The minimum absolute atomic E-state index is 0.351. The average molecular weight is 277 g/mol. The maximum Gasteiger partial charge on any atom is 0.357 e. The van der Waals surface area contributed by atoms with Crippen LogP contribution in [-0.2, 0) is 4.74 Å². The van der Waals surface area contributed by atoms with Crippen LogP contribution in [0.2, 0.25) is 0 Å². The second kappa shape index (κ2) is 6.33. The molecule has 0 unspecified atom stereocenters. The molecule has 0 bridgehead atoms. The zero-order valence-electron chi connectivity index (χ0n) is 10.9. The molecule has 100 valence electrons. The van der Waals surface area contributed by atoms with E-state index < -0.39 is 0 Å². The summed E-state index contributed by atoms with van der Waals surface area (Å²) in [5.41, 5.74) is 1.29. The van der Waals surface area contributed by atoms with Crippen LogP contribution in [0.5, 0.6) is 5.75 Å². The van der Waals surface area contributed by atoms with Crippen LogP contribution in [0.3, 0.4) is 0 Å². The molecule has 5 heteroatoms. The molecule has 0 amide bonds. The lowest BCUT2D eigenvalue weighted by atomic mass is 10.2. The molecule has 1 aromatic carbocycles. The largest absolute Gasteiger partial charge is 0.494 e. The molecule has 1 heterocycles. The van der Waals surface area contributed by atoms with Gasteiger partial charge < -0.3 is 9.47 Å². The van der Waals surface area contributed by atoms with Crippen LogP contribution in [-0.4, -0.2) is 24.2 Å². The molecule has 0 aliphatic heterocycles. The standard InChI is InChI=1S/C14H15NO3S/c1-3-17-11-7-5-6-10(8-11)13-15-12(9-19-13)14(16)18-4-2/h5-9H,3-4H2,1-2H3. The molecule has 0 saturated heterocycles. The Morgan fingerprint density at radius 2 is 2.16 bits per heavy atom. The van der Waals surface area contributed by atoms with E-state index in [1.54, 1.807) is 12.3 Å². The number of hydrogen-bond donors (Lipinski definition) is 0. The van der Waals surface area contributed by atoms with Gasteiger partial charge in [0.25, 0.3) is 0 Å².